The zero-order chi connectivity index (χ0) is 38.1. The first-order valence-electron chi connectivity index (χ1n) is 16.4. The third-order valence-electron chi connectivity index (χ3n) is 7.82. The van der Waals surface area contributed by atoms with Crippen molar-refractivity contribution in [3.8, 4) is 58.3 Å². The number of aromatic nitrogens is 16. The summed E-state index contributed by atoms with van der Waals surface area (Å²) in [4.78, 5) is 10.7. The minimum Gasteiger partial charge on any atom is -0.455 e. The number of tetrazole rings is 2. The molecule has 2 aromatic carbocycles. The van der Waals surface area contributed by atoms with Crippen LogP contribution in [0.5, 0.6) is 12.0 Å². The fourth-order valence-electron chi connectivity index (χ4n) is 5.01. The van der Waals surface area contributed by atoms with E-state index in [1.54, 1.807) is 89.4 Å². The zero-order valence-corrected chi connectivity index (χ0v) is 29.4. The van der Waals surface area contributed by atoms with Gasteiger partial charge in [-0.3, -0.25) is 19.1 Å². The van der Waals surface area contributed by atoms with Crippen LogP contribution in [0.2, 0.25) is 0 Å². The second kappa shape index (κ2) is 16.0. The summed E-state index contributed by atoms with van der Waals surface area (Å²) in [5, 5.41) is 59.1. The molecule has 20 nitrogen and oxygen atoms in total. The summed E-state index contributed by atoms with van der Waals surface area (Å²) in [6.07, 6.45) is 6.26. The number of benzene rings is 2. The second-order valence-electron chi connectivity index (χ2n) is 11.5. The van der Waals surface area contributed by atoms with Crippen molar-refractivity contribution in [1.82, 2.24) is 79.9 Å². The predicted octanol–water partition coefficient (Wildman–Crippen LogP) is 3.17. The second-order valence-corrected chi connectivity index (χ2v) is 11.5. The van der Waals surface area contributed by atoms with Gasteiger partial charge in [0.1, 0.15) is 0 Å². The minimum atomic E-state index is -0.499. The molecule has 0 aliphatic carbocycles. The molecule has 0 saturated heterocycles. The molecule has 0 spiro atoms. The fourth-order valence-corrected chi connectivity index (χ4v) is 5.01. The van der Waals surface area contributed by atoms with Gasteiger partial charge >= 0.3 is 12.0 Å². The molecule has 0 amide bonds. The number of hydrogen-bond donors (Lipinski definition) is 0. The van der Waals surface area contributed by atoms with Crippen LogP contribution in [-0.4, -0.2) is 79.9 Å². The summed E-state index contributed by atoms with van der Waals surface area (Å²) < 4.78 is 15.0. The Kier molecular flexibility index (Phi) is 10.2. The van der Waals surface area contributed by atoms with E-state index in [0.717, 1.165) is 11.1 Å². The molecule has 8 aromatic rings. The van der Waals surface area contributed by atoms with Crippen LogP contribution in [0, 0.1) is 22.7 Å². The maximum absolute atomic E-state index is 9.02. The number of nitriles is 2. The first kappa shape index (κ1) is 35.2. The van der Waals surface area contributed by atoms with E-state index in [4.69, 9.17) is 20.0 Å². The molecule has 0 aliphatic heterocycles. The average Bonchev–Trinajstić information content (AvgIpc) is 4.06. The molecule has 6 heterocycles. The highest BCUT2D eigenvalue weighted by Gasteiger charge is 2.20. The predicted molar refractivity (Wildman–Crippen MR) is 190 cm³/mol. The van der Waals surface area contributed by atoms with Crippen LogP contribution in [0.15, 0.2) is 97.6 Å². The van der Waals surface area contributed by atoms with Crippen molar-refractivity contribution in [2.75, 3.05) is 0 Å². The average molecular weight is 733 g/mol. The van der Waals surface area contributed by atoms with Crippen molar-refractivity contribution in [2.24, 2.45) is 14.1 Å². The third kappa shape index (κ3) is 7.98. The number of pyridine rings is 2. The molecule has 55 heavy (non-hydrogen) atoms. The van der Waals surface area contributed by atoms with Gasteiger partial charge in [0.05, 0.1) is 34.6 Å². The smallest absolute Gasteiger partial charge is 0.317 e. The number of hydrogen-bond acceptors (Lipinski definition) is 16. The number of nitrogens with zero attached hydrogens (tertiary/aromatic N) is 18. The first-order chi connectivity index (χ1) is 26.9. The van der Waals surface area contributed by atoms with Gasteiger partial charge in [-0.2, -0.15) is 10.5 Å². The molecule has 0 saturated carbocycles. The van der Waals surface area contributed by atoms with Crippen molar-refractivity contribution in [1.29, 1.82) is 10.5 Å². The van der Waals surface area contributed by atoms with Crippen LogP contribution in [0.25, 0.3) is 34.2 Å². The van der Waals surface area contributed by atoms with Gasteiger partial charge in [-0.25, -0.2) is 0 Å². The van der Waals surface area contributed by atoms with Gasteiger partial charge in [0, 0.05) is 50.0 Å². The molecule has 1 atom stereocenters. The van der Waals surface area contributed by atoms with Crippen molar-refractivity contribution < 1.29 is 9.47 Å². The molecule has 8 rings (SSSR count). The summed E-state index contributed by atoms with van der Waals surface area (Å²) in [6.45, 7) is 1.88. The summed E-state index contributed by atoms with van der Waals surface area (Å²) in [5.74, 6) is 2.09. The van der Waals surface area contributed by atoms with E-state index in [-0.39, 0.29) is 6.61 Å². The lowest BCUT2D eigenvalue weighted by Crippen LogP contribution is -2.09. The molecule has 270 valence electrons. The van der Waals surface area contributed by atoms with Crippen LogP contribution in [0.1, 0.15) is 35.8 Å². The Bertz CT molecular complexity index is 2620. The number of ether oxygens (including phenoxy) is 2. The Morgan fingerprint density at radius 1 is 0.636 bits per heavy atom. The largest absolute Gasteiger partial charge is 0.455 e. The van der Waals surface area contributed by atoms with E-state index >= 15 is 0 Å². The topological polar surface area (TPSA) is 240 Å². The molecular weight excluding hydrogens is 705 g/mol. The highest BCUT2D eigenvalue weighted by molar-refractivity contribution is 5.55. The Balaban J connectivity index is 0.000000169. The molecule has 0 radical (unpaired) electrons. The highest BCUT2D eigenvalue weighted by atomic mass is 16.5. The Labute approximate surface area is 311 Å². The quantitative estimate of drug-likeness (QED) is 0.196. The van der Waals surface area contributed by atoms with Gasteiger partial charge in [0.15, 0.2) is 24.4 Å². The lowest BCUT2D eigenvalue weighted by Gasteiger charge is -2.10. The molecule has 0 N–H and O–H groups in total. The maximum atomic E-state index is 9.02. The summed E-state index contributed by atoms with van der Waals surface area (Å²) in [7, 11) is 3.62. The first-order valence-corrected chi connectivity index (χ1v) is 16.4. The molecular formula is C35H28N18O2. The summed E-state index contributed by atoms with van der Waals surface area (Å²) in [6, 6.07) is 26.1. The highest BCUT2D eigenvalue weighted by Crippen LogP contribution is 2.23. The molecule has 0 bridgehead atoms. The Hall–Kier alpha value is -8.26. The van der Waals surface area contributed by atoms with Gasteiger partial charge in [0.2, 0.25) is 11.6 Å². The van der Waals surface area contributed by atoms with Crippen LogP contribution in [-0.2, 0) is 20.7 Å². The van der Waals surface area contributed by atoms with Crippen LogP contribution in [0.3, 0.4) is 0 Å². The van der Waals surface area contributed by atoms with Gasteiger partial charge in [0.25, 0.3) is 0 Å². The van der Waals surface area contributed by atoms with Crippen molar-refractivity contribution in [2.45, 2.75) is 19.6 Å². The molecule has 20 heteroatoms. The summed E-state index contributed by atoms with van der Waals surface area (Å²) in [5.41, 5.74) is 4.09. The molecule has 1 unspecified atom stereocenters. The Morgan fingerprint density at radius 3 is 1.75 bits per heavy atom. The summed E-state index contributed by atoms with van der Waals surface area (Å²) >= 11 is 0. The van der Waals surface area contributed by atoms with E-state index in [9.17, 15) is 0 Å². The van der Waals surface area contributed by atoms with Crippen molar-refractivity contribution in [3.05, 3.63) is 120 Å². The van der Waals surface area contributed by atoms with E-state index in [0.29, 0.717) is 57.8 Å². The number of rotatable bonds is 10. The van der Waals surface area contributed by atoms with Crippen LogP contribution in [0.4, 0.5) is 0 Å². The lowest BCUT2D eigenvalue weighted by atomic mass is 10.2. The molecule has 0 aliphatic rings. The van der Waals surface area contributed by atoms with Crippen molar-refractivity contribution in [3.63, 3.8) is 0 Å². The SMILES string of the molecule is CC(Oc1nnc(-c2ccncc2)n1C)c1nnn(-c2cccc(C#N)c2)n1.Cn1c(OCc2nnn(-c3cccc(C#N)c3)n2)nnc1-c1ccncc1. The standard InChI is InChI=1S/C18H15N9O.C17H13N9O/c1-12(16-21-25-27(24-16)15-5-3-4-13(10-15)11-19)28-18-23-22-17(26(18)2)14-6-8-20-9-7-14;1-25-16(13-5-7-19-8-6-13)21-22-17(25)27-11-15-20-24-26(23-15)14-4-2-3-12(9-14)10-18/h3-10,12H,1-2H3;2-9H,11H2,1H3. The van der Waals surface area contributed by atoms with E-state index < -0.39 is 6.10 Å². The van der Waals surface area contributed by atoms with Gasteiger partial charge in [-0.1, -0.05) is 22.3 Å². The minimum absolute atomic E-state index is 0.0836. The molecule has 6 aromatic heterocycles. The van der Waals surface area contributed by atoms with E-state index in [1.807, 2.05) is 38.4 Å². The lowest BCUT2D eigenvalue weighted by molar-refractivity contribution is 0.190. The van der Waals surface area contributed by atoms with Gasteiger partial charge in [-0.15, -0.1) is 40.2 Å². The van der Waals surface area contributed by atoms with Gasteiger partial charge < -0.3 is 9.47 Å². The maximum Gasteiger partial charge on any atom is 0.317 e. The zero-order valence-electron chi connectivity index (χ0n) is 29.4. The monoisotopic (exact) mass is 732 g/mol. The van der Waals surface area contributed by atoms with E-state index in [1.165, 1.54) is 9.59 Å². The van der Waals surface area contributed by atoms with Gasteiger partial charge in [-0.05, 0) is 78.0 Å². The van der Waals surface area contributed by atoms with E-state index in [2.05, 4.69) is 73.3 Å². The van der Waals surface area contributed by atoms with Crippen molar-refractivity contribution >= 4 is 0 Å². The third-order valence-corrected chi connectivity index (χ3v) is 7.82. The van der Waals surface area contributed by atoms with Crippen LogP contribution >= 0.6 is 0 Å². The molecule has 0 fully saturated rings. The fraction of sp³-hybridized carbons (Fsp3) is 0.143. The van der Waals surface area contributed by atoms with Crippen LogP contribution < -0.4 is 9.47 Å². The normalized spacial score (nSPS) is 11.1. The Morgan fingerprint density at radius 2 is 1.16 bits per heavy atom.